The summed E-state index contributed by atoms with van der Waals surface area (Å²) in [5.41, 5.74) is 0.306. The number of carbonyl (C=O) groups excluding carboxylic acids is 2. The standard InChI is InChI=1S/C19H29Cl2N3O2S/c1-5-24(13(2)3)10-9-22-19(26)17(8-11-27-4)23-18(25)15-7-6-14(20)12-16(15)21/h6-7,12-13,17H,5,8-11H2,1-4H3,(H,22,26)(H,23,25). The molecule has 1 atom stereocenters. The van der Waals surface area contributed by atoms with Crippen LogP contribution in [0.1, 0.15) is 37.6 Å². The number of halogens is 2. The Morgan fingerprint density at radius 3 is 2.52 bits per heavy atom. The summed E-state index contributed by atoms with van der Waals surface area (Å²) in [5, 5.41) is 6.45. The minimum atomic E-state index is -0.606. The topological polar surface area (TPSA) is 61.4 Å². The number of hydrogen-bond acceptors (Lipinski definition) is 4. The van der Waals surface area contributed by atoms with Gasteiger partial charge in [-0.2, -0.15) is 11.8 Å². The maximum atomic E-state index is 12.6. The van der Waals surface area contributed by atoms with E-state index in [1.54, 1.807) is 23.9 Å². The third-order valence-electron chi connectivity index (χ3n) is 4.24. The molecule has 0 aliphatic heterocycles. The van der Waals surface area contributed by atoms with Crippen molar-refractivity contribution in [2.24, 2.45) is 0 Å². The first-order valence-corrected chi connectivity index (χ1v) is 11.2. The molecule has 0 spiro atoms. The van der Waals surface area contributed by atoms with Crippen LogP contribution in [0.4, 0.5) is 0 Å². The molecule has 0 fully saturated rings. The smallest absolute Gasteiger partial charge is 0.253 e. The van der Waals surface area contributed by atoms with Gasteiger partial charge in [-0.15, -0.1) is 0 Å². The summed E-state index contributed by atoms with van der Waals surface area (Å²) < 4.78 is 0. The molecule has 0 radical (unpaired) electrons. The van der Waals surface area contributed by atoms with Gasteiger partial charge in [-0.25, -0.2) is 0 Å². The third kappa shape index (κ3) is 8.30. The van der Waals surface area contributed by atoms with E-state index in [4.69, 9.17) is 23.2 Å². The van der Waals surface area contributed by atoms with Crippen LogP contribution in [0.3, 0.4) is 0 Å². The fraction of sp³-hybridized carbons (Fsp3) is 0.579. The molecule has 0 saturated heterocycles. The first kappa shape index (κ1) is 24.1. The Labute approximate surface area is 176 Å². The Bertz CT molecular complexity index is 629. The van der Waals surface area contributed by atoms with Gasteiger partial charge in [0.05, 0.1) is 10.6 Å². The van der Waals surface area contributed by atoms with Crippen LogP contribution in [0, 0.1) is 0 Å². The van der Waals surface area contributed by atoms with Gasteiger partial charge in [0.1, 0.15) is 6.04 Å². The number of nitrogens with zero attached hydrogens (tertiary/aromatic N) is 1. The lowest BCUT2D eigenvalue weighted by Crippen LogP contribution is -2.49. The Balaban J connectivity index is 2.70. The van der Waals surface area contributed by atoms with E-state index in [2.05, 4.69) is 36.3 Å². The Kier molecular flexibility index (Phi) is 11.1. The number of amides is 2. The molecular formula is C19H29Cl2N3O2S. The lowest BCUT2D eigenvalue weighted by atomic mass is 10.1. The van der Waals surface area contributed by atoms with Crippen molar-refractivity contribution < 1.29 is 9.59 Å². The molecule has 0 saturated carbocycles. The average molecular weight is 434 g/mol. The molecule has 1 unspecified atom stereocenters. The molecule has 2 N–H and O–H groups in total. The van der Waals surface area contributed by atoms with Crippen LogP contribution in [0.25, 0.3) is 0 Å². The zero-order valence-corrected chi connectivity index (χ0v) is 18.7. The second-order valence-electron chi connectivity index (χ2n) is 6.45. The van der Waals surface area contributed by atoms with Crippen molar-refractivity contribution in [1.29, 1.82) is 0 Å². The predicted molar refractivity (Wildman–Crippen MR) is 116 cm³/mol. The van der Waals surface area contributed by atoms with Crippen LogP contribution >= 0.6 is 35.0 Å². The number of nitrogens with one attached hydrogen (secondary N) is 2. The lowest BCUT2D eigenvalue weighted by Gasteiger charge is -2.25. The molecule has 0 aliphatic rings. The SMILES string of the molecule is CCN(CCNC(=O)C(CCSC)NC(=O)c1ccc(Cl)cc1Cl)C(C)C. The summed E-state index contributed by atoms with van der Waals surface area (Å²) >= 11 is 13.6. The van der Waals surface area contributed by atoms with Gasteiger partial charge in [-0.05, 0) is 57.0 Å². The number of carbonyl (C=O) groups is 2. The fourth-order valence-corrected chi connectivity index (χ4v) is 3.61. The summed E-state index contributed by atoms with van der Waals surface area (Å²) in [6, 6.07) is 4.49. The lowest BCUT2D eigenvalue weighted by molar-refractivity contribution is -0.123. The highest BCUT2D eigenvalue weighted by atomic mass is 35.5. The van der Waals surface area contributed by atoms with Crippen LogP contribution in [-0.2, 0) is 4.79 Å². The fourth-order valence-electron chi connectivity index (χ4n) is 2.64. The van der Waals surface area contributed by atoms with Crippen molar-refractivity contribution in [1.82, 2.24) is 15.5 Å². The van der Waals surface area contributed by atoms with Gasteiger partial charge in [-0.1, -0.05) is 30.1 Å². The number of thioether (sulfide) groups is 1. The molecule has 5 nitrogen and oxygen atoms in total. The van der Waals surface area contributed by atoms with Crippen molar-refractivity contribution >= 4 is 46.8 Å². The maximum Gasteiger partial charge on any atom is 0.253 e. The molecule has 27 heavy (non-hydrogen) atoms. The summed E-state index contributed by atoms with van der Waals surface area (Å²) in [6.45, 7) is 8.59. The second kappa shape index (κ2) is 12.5. The quantitative estimate of drug-likeness (QED) is 0.558. The molecule has 0 bridgehead atoms. The van der Waals surface area contributed by atoms with Crippen molar-refractivity contribution in [3.05, 3.63) is 33.8 Å². The van der Waals surface area contributed by atoms with E-state index in [9.17, 15) is 9.59 Å². The molecule has 1 aromatic carbocycles. The van der Waals surface area contributed by atoms with E-state index in [0.717, 1.165) is 18.8 Å². The molecule has 0 aromatic heterocycles. The van der Waals surface area contributed by atoms with Crippen molar-refractivity contribution in [3.63, 3.8) is 0 Å². The van der Waals surface area contributed by atoms with Gasteiger partial charge in [-0.3, -0.25) is 14.5 Å². The maximum absolute atomic E-state index is 12.6. The van der Waals surface area contributed by atoms with Gasteiger partial charge < -0.3 is 10.6 Å². The molecule has 1 aromatic rings. The molecule has 0 heterocycles. The summed E-state index contributed by atoms with van der Waals surface area (Å²) in [4.78, 5) is 27.4. The highest BCUT2D eigenvalue weighted by molar-refractivity contribution is 7.98. The Hall–Kier alpha value is -0.950. The normalized spacial score (nSPS) is 12.3. The highest BCUT2D eigenvalue weighted by Gasteiger charge is 2.22. The molecule has 2 amide bonds. The summed E-state index contributed by atoms with van der Waals surface area (Å²) in [7, 11) is 0. The number of likely N-dealkylation sites (N-methyl/N-ethyl adjacent to an activating group) is 1. The minimum absolute atomic E-state index is 0.178. The largest absolute Gasteiger partial charge is 0.353 e. The number of rotatable bonds is 11. The van der Waals surface area contributed by atoms with Crippen LogP contribution in [-0.4, -0.2) is 60.4 Å². The van der Waals surface area contributed by atoms with Gasteiger partial charge >= 0.3 is 0 Å². The van der Waals surface area contributed by atoms with Gasteiger partial charge in [0.2, 0.25) is 5.91 Å². The first-order valence-electron chi connectivity index (χ1n) is 9.06. The van der Waals surface area contributed by atoms with E-state index >= 15 is 0 Å². The van der Waals surface area contributed by atoms with Crippen molar-refractivity contribution in [2.75, 3.05) is 31.6 Å². The van der Waals surface area contributed by atoms with Crippen molar-refractivity contribution in [2.45, 2.75) is 39.3 Å². The van der Waals surface area contributed by atoms with Crippen LogP contribution in [0.2, 0.25) is 10.0 Å². The van der Waals surface area contributed by atoms with Crippen LogP contribution in [0.5, 0.6) is 0 Å². The van der Waals surface area contributed by atoms with Gasteiger partial charge in [0, 0.05) is 24.2 Å². The summed E-state index contributed by atoms with van der Waals surface area (Å²) in [5.74, 6) is 0.206. The van der Waals surface area contributed by atoms with Crippen LogP contribution < -0.4 is 10.6 Å². The van der Waals surface area contributed by atoms with Gasteiger partial charge in [0.25, 0.3) is 5.91 Å². The monoisotopic (exact) mass is 433 g/mol. The van der Waals surface area contributed by atoms with E-state index < -0.39 is 6.04 Å². The molecule has 1 rings (SSSR count). The van der Waals surface area contributed by atoms with E-state index in [1.165, 1.54) is 6.07 Å². The summed E-state index contributed by atoms with van der Waals surface area (Å²) in [6.07, 6.45) is 2.51. The van der Waals surface area contributed by atoms with Gasteiger partial charge in [0.15, 0.2) is 0 Å². The molecule has 0 aliphatic carbocycles. The molecular weight excluding hydrogens is 405 g/mol. The second-order valence-corrected chi connectivity index (χ2v) is 8.27. The highest BCUT2D eigenvalue weighted by Crippen LogP contribution is 2.21. The molecule has 152 valence electrons. The zero-order valence-electron chi connectivity index (χ0n) is 16.4. The number of hydrogen-bond donors (Lipinski definition) is 2. The zero-order chi connectivity index (χ0) is 20.4. The van der Waals surface area contributed by atoms with E-state index in [1.807, 2.05) is 6.26 Å². The van der Waals surface area contributed by atoms with Crippen LogP contribution in [0.15, 0.2) is 18.2 Å². The third-order valence-corrected chi connectivity index (χ3v) is 5.43. The Morgan fingerprint density at radius 1 is 1.26 bits per heavy atom. The average Bonchev–Trinajstić information content (AvgIpc) is 2.61. The Morgan fingerprint density at radius 2 is 1.96 bits per heavy atom. The van der Waals surface area contributed by atoms with E-state index in [-0.39, 0.29) is 16.8 Å². The minimum Gasteiger partial charge on any atom is -0.353 e. The first-order chi connectivity index (χ1) is 12.8. The van der Waals surface area contributed by atoms with Crippen molar-refractivity contribution in [3.8, 4) is 0 Å². The predicted octanol–water partition coefficient (Wildman–Crippen LogP) is 3.69. The number of benzene rings is 1. The van der Waals surface area contributed by atoms with E-state index in [0.29, 0.717) is 29.6 Å². The molecule has 8 heteroatoms.